The van der Waals surface area contributed by atoms with Crippen LogP contribution < -0.4 is 5.11 Å². The molecule has 0 saturated carbocycles. The van der Waals surface area contributed by atoms with Gasteiger partial charge in [-0.3, -0.25) is 0 Å². The van der Waals surface area contributed by atoms with Crippen molar-refractivity contribution in [1.29, 1.82) is 0 Å². The molecule has 2 heteroatoms. The predicted molar refractivity (Wildman–Crippen MR) is 81.4 cm³/mol. The molecule has 0 aliphatic rings. The molecule has 0 radical (unpaired) electrons. The standard InChI is InChI=1S/C15H12.C3H4O2/c1-11-5-4-8-14-9-12-6-2-3-7-13(12)10-15(11)14;1-2-3(4)5/h2-10H,1H3;2H,1H2,(H,4,5)/p-1. The summed E-state index contributed by atoms with van der Waals surface area (Å²) in [5.74, 6) is -1.23. The maximum atomic E-state index is 9.14. The lowest BCUT2D eigenvalue weighted by Gasteiger charge is -2.04. The fraction of sp³-hybridized carbons (Fsp3) is 0.0556. The molecule has 0 aliphatic heterocycles. The molecule has 0 aliphatic carbocycles. The average molecular weight is 263 g/mol. The molecular formula is C18H15O2-. The number of hydrogen-bond acceptors (Lipinski definition) is 2. The van der Waals surface area contributed by atoms with Gasteiger partial charge in [0.1, 0.15) is 0 Å². The van der Waals surface area contributed by atoms with E-state index < -0.39 is 5.97 Å². The van der Waals surface area contributed by atoms with Gasteiger partial charge in [-0.15, -0.1) is 0 Å². The van der Waals surface area contributed by atoms with E-state index in [0.29, 0.717) is 0 Å². The van der Waals surface area contributed by atoms with Crippen molar-refractivity contribution < 1.29 is 9.90 Å². The van der Waals surface area contributed by atoms with Crippen molar-refractivity contribution in [3.63, 3.8) is 0 Å². The van der Waals surface area contributed by atoms with E-state index >= 15 is 0 Å². The van der Waals surface area contributed by atoms with E-state index in [-0.39, 0.29) is 0 Å². The maximum absolute atomic E-state index is 9.14. The Hall–Kier alpha value is -2.61. The van der Waals surface area contributed by atoms with E-state index in [1.807, 2.05) is 0 Å². The molecule has 2 nitrogen and oxygen atoms in total. The lowest BCUT2D eigenvalue weighted by atomic mass is 10.0. The Kier molecular flexibility index (Phi) is 4.16. The van der Waals surface area contributed by atoms with Gasteiger partial charge >= 0.3 is 0 Å². The molecule has 3 aromatic rings. The zero-order valence-corrected chi connectivity index (χ0v) is 11.3. The molecule has 0 N–H and O–H groups in total. The molecule has 0 saturated heterocycles. The number of hydrogen-bond donors (Lipinski definition) is 0. The highest BCUT2D eigenvalue weighted by Gasteiger charge is 1.98. The van der Waals surface area contributed by atoms with Gasteiger partial charge in [0.25, 0.3) is 0 Å². The summed E-state index contributed by atoms with van der Waals surface area (Å²) in [6.45, 7) is 5.06. The van der Waals surface area contributed by atoms with E-state index in [4.69, 9.17) is 9.90 Å². The Morgan fingerprint density at radius 3 is 2.15 bits per heavy atom. The Labute approximate surface area is 118 Å². The second-order valence-electron chi connectivity index (χ2n) is 4.52. The van der Waals surface area contributed by atoms with Crippen molar-refractivity contribution >= 4 is 27.5 Å². The van der Waals surface area contributed by atoms with E-state index in [2.05, 4.69) is 68.1 Å². The zero-order valence-electron chi connectivity index (χ0n) is 11.3. The van der Waals surface area contributed by atoms with Gasteiger partial charge < -0.3 is 9.90 Å². The minimum Gasteiger partial charge on any atom is -0.545 e. The third-order valence-electron chi connectivity index (χ3n) is 3.13. The molecule has 0 bridgehead atoms. The largest absolute Gasteiger partial charge is 0.545 e. The Balaban J connectivity index is 0.000000257. The zero-order chi connectivity index (χ0) is 14.5. The van der Waals surface area contributed by atoms with Crippen LogP contribution in [0.2, 0.25) is 0 Å². The highest BCUT2D eigenvalue weighted by atomic mass is 16.4. The summed E-state index contributed by atoms with van der Waals surface area (Å²) in [7, 11) is 0. The molecular weight excluding hydrogens is 248 g/mol. The SMILES string of the molecule is C=CC(=O)[O-].Cc1cccc2cc3ccccc3cc12. The van der Waals surface area contributed by atoms with Crippen LogP contribution >= 0.6 is 0 Å². The summed E-state index contributed by atoms with van der Waals surface area (Å²) < 4.78 is 0. The minimum absolute atomic E-state index is 0.722. The lowest BCUT2D eigenvalue weighted by Crippen LogP contribution is -2.17. The number of benzene rings is 3. The Bertz CT molecular complexity index is 773. The van der Waals surface area contributed by atoms with Gasteiger partial charge in [-0.2, -0.15) is 0 Å². The van der Waals surface area contributed by atoms with Crippen LogP contribution in [0.1, 0.15) is 5.56 Å². The van der Waals surface area contributed by atoms with Crippen LogP contribution in [-0.2, 0) is 4.79 Å². The smallest absolute Gasteiger partial charge is 0.0636 e. The molecule has 0 heterocycles. The number of aliphatic carboxylic acids is 1. The van der Waals surface area contributed by atoms with Gasteiger partial charge in [-0.25, -0.2) is 0 Å². The molecule has 0 fully saturated rings. The summed E-state index contributed by atoms with van der Waals surface area (Å²) >= 11 is 0. The first-order valence-electron chi connectivity index (χ1n) is 6.33. The number of aryl methyl sites for hydroxylation is 1. The van der Waals surface area contributed by atoms with Gasteiger partial charge in [0.2, 0.25) is 0 Å². The number of carbonyl (C=O) groups is 1. The first-order valence-corrected chi connectivity index (χ1v) is 6.33. The van der Waals surface area contributed by atoms with Crippen molar-refractivity contribution in [2.24, 2.45) is 0 Å². The number of carbonyl (C=O) groups excluding carboxylic acids is 1. The highest BCUT2D eigenvalue weighted by molar-refractivity contribution is 5.99. The second-order valence-corrected chi connectivity index (χ2v) is 4.52. The summed E-state index contributed by atoms with van der Waals surface area (Å²) in [5.41, 5.74) is 1.35. The number of carboxylic acid groups (broad SMARTS) is 1. The quantitative estimate of drug-likeness (QED) is 0.499. The van der Waals surface area contributed by atoms with Crippen LogP contribution in [0.5, 0.6) is 0 Å². The molecule has 3 rings (SSSR count). The summed E-state index contributed by atoms with van der Waals surface area (Å²) in [6, 6.07) is 19.5. The van der Waals surface area contributed by atoms with Gasteiger partial charge in [-0.1, -0.05) is 49.0 Å². The number of fused-ring (bicyclic) bond motifs is 2. The molecule has 0 aromatic heterocycles. The van der Waals surface area contributed by atoms with Crippen molar-refractivity contribution in [3.8, 4) is 0 Å². The van der Waals surface area contributed by atoms with Gasteiger partial charge in [0.05, 0.1) is 5.97 Å². The molecule has 3 aromatic carbocycles. The Morgan fingerprint density at radius 2 is 1.55 bits per heavy atom. The first kappa shape index (κ1) is 13.8. The fourth-order valence-corrected chi connectivity index (χ4v) is 2.12. The van der Waals surface area contributed by atoms with Crippen LogP contribution in [0.4, 0.5) is 0 Å². The monoisotopic (exact) mass is 263 g/mol. The van der Waals surface area contributed by atoms with Crippen LogP contribution in [-0.4, -0.2) is 5.97 Å². The normalized spacial score (nSPS) is 9.85. The van der Waals surface area contributed by atoms with Gasteiger partial charge in [-0.05, 0) is 52.2 Å². The van der Waals surface area contributed by atoms with E-state index in [1.165, 1.54) is 27.1 Å². The van der Waals surface area contributed by atoms with E-state index in [9.17, 15) is 0 Å². The van der Waals surface area contributed by atoms with Crippen molar-refractivity contribution in [1.82, 2.24) is 0 Å². The lowest BCUT2D eigenvalue weighted by molar-refractivity contribution is -0.297. The topological polar surface area (TPSA) is 40.1 Å². The van der Waals surface area contributed by atoms with Crippen molar-refractivity contribution in [2.75, 3.05) is 0 Å². The van der Waals surface area contributed by atoms with Crippen molar-refractivity contribution in [3.05, 3.63) is 72.8 Å². The third kappa shape index (κ3) is 3.04. The van der Waals surface area contributed by atoms with Crippen LogP contribution in [0.25, 0.3) is 21.5 Å². The molecule has 0 unspecified atom stereocenters. The summed E-state index contributed by atoms with van der Waals surface area (Å²) in [4.78, 5) is 9.14. The summed E-state index contributed by atoms with van der Waals surface area (Å²) in [6.07, 6.45) is 0.722. The predicted octanol–water partition coefficient (Wildman–Crippen LogP) is 3.22. The summed E-state index contributed by atoms with van der Waals surface area (Å²) in [5, 5.41) is 14.5. The minimum atomic E-state index is -1.23. The second kappa shape index (κ2) is 6.02. The third-order valence-corrected chi connectivity index (χ3v) is 3.13. The van der Waals surface area contributed by atoms with Crippen LogP contribution in [0.3, 0.4) is 0 Å². The molecule has 0 spiro atoms. The maximum Gasteiger partial charge on any atom is 0.0636 e. The molecule has 20 heavy (non-hydrogen) atoms. The van der Waals surface area contributed by atoms with Gasteiger partial charge in [0, 0.05) is 0 Å². The Morgan fingerprint density at radius 1 is 1.00 bits per heavy atom. The van der Waals surface area contributed by atoms with Crippen LogP contribution in [0.15, 0.2) is 67.3 Å². The van der Waals surface area contributed by atoms with E-state index in [1.54, 1.807) is 0 Å². The van der Waals surface area contributed by atoms with Gasteiger partial charge in [0.15, 0.2) is 0 Å². The number of carboxylic acids is 1. The first-order chi connectivity index (χ1) is 9.61. The molecule has 0 amide bonds. The van der Waals surface area contributed by atoms with E-state index in [0.717, 1.165) is 6.08 Å². The highest BCUT2D eigenvalue weighted by Crippen LogP contribution is 2.24. The van der Waals surface area contributed by atoms with Crippen molar-refractivity contribution in [2.45, 2.75) is 6.92 Å². The van der Waals surface area contributed by atoms with Crippen LogP contribution in [0, 0.1) is 6.92 Å². The molecule has 0 atom stereocenters. The molecule has 100 valence electrons. The average Bonchev–Trinajstić information content (AvgIpc) is 2.46. The fourth-order valence-electron chi connectivity index (χ4n) is 2.12. The number of rotatable bonds is 1.